The van der Waals surface area contributed by atoms with Crippen LogP contribution in [0.25, 0.3) is 17.1 Å². The van der Waals surface area contributed by atoms with Gasteiger partial charge in [-0.25, -0.2) is 4.98 Å². The average Bonchev–Trinajstić information content (AvgIpc) is 3.28. The standard InChI is InChI=1S/C18H17N3O2/c1-13-2-7-17(22)21(13)16-5-3-15(4-6-16)20-10-9-19-18(20)14-8-11-23-12-14/h3-6,8-13H,2,7H2,1H3/t13-/m0/s1. The topological polar surface area (TPSA) is 51.3 Å². The van der Waals surface area contributed by atoms with E-state index in [2.05, 4.69) is 11.9 Å². The first-order valence-electron chi connectivity index (χ1n) is 7.72. The lowest BCUT2D eigenvalue weighted by Crippen LogP contribution is -2.30. The van der Waals surface area contributed by atoms with Gasteiger partial charge in [-0.05, 0) is 43.7 Å². The van der Waals surface area contributed by atoms with E-state index in [0.29, 0.717) is 6.42 Å². The van der Waals surface area contributed by atoms with Crippen LogP contribution >= 0.6 is 0 Å². The van der Waals surface area contributed by atoms with Crippen molar-refractivity contribution in [1.82, 2.24) is 9.55 Å². The molecule has 3 heterocycles. The molecule has 1 aliphatic heterocycles. The number of carbonyl (C=O) groups is 1. The smallest absolute Gasteiger partial charge is 0.227 e. The van der Waals surface area contributed by atoms with Crippen molar-refractivity contribution in [2.24, 2.45) is 0 Å². The van der Waals surface area contributed by atoms with Gasteiger partial charge in [0.1, 0.15) is 12.1 Å². The van der Waals surface area contributed by atoms with Crippen LogP contribution in [0.4, 0.5) is 5.69 Å². The first-order chi connectivity index (χ1) is 11.2. The van der Waals surface area contributed by atoms with Gasteiger partial charge in [0.05, 0.1) is 11.8 Å². The van der Waals surface area contributed by atoms with Gasteiger partial charge < -0.3 is 9.32 Å². The molecular weight excluding hydrogens is 290 g/mol. The molecule has 1 aliphatic rings. The van der Waals surface area contributed by atoms with E-state index >= 15 is 0 Å². The summed E-state index contributed by atoms with van der Waals surface area (Å²) in [6.07, 6.45) is 8.56. The van der Waals surface area contributed by atoms with Gasteiger partial charge >= 0.3 is 0 Å². The van der Waals surface area contributed by atoms with Gasteiger partial charge in [0.15, 0.2) is 0 Å². The van der Waals surface area contributed by atoms with Crippen LogP contribution in [0.1, 0.15) is 19.8 Å². The number of anilines is 1. The third kappa shape index (κ3) is 2.34. The molecule has 1 saturated heterocycles. The van der Waals surface area contributed by atoms with E-state index in [9.17, 15) is 4.79 Å². The molecule has 0 spiro atoms. The molecule has 5 nitrogen and oxygen atoms in total. The number of furan rings is 1. The molecule has 2 aromatic heterocycles. The Bertz CT molecular complexity index is 818. The van der Waals surface area contributed by atoms with Gasteiger partial charge in [0.25, 0.3) is 0 Å². The van der Waals surface area contributed by atoms with E-state index in [0.717, 1.165) is 29.2 Å². The molecule has 0 bridgehead atoms. The summed E-state index contributed by atoms with van der Waals surface area (Å²) in [5, 5.41) is 0. The van der Waals surface area contributed by atoms with Crippen LogP contribution in [0, 0.1) is 0 Å². The normalized spacial score (nSPS) is 17.9. The first kappa shape index (κ1) is 13.8. The molecule has 23 heavy (non-hydrogen) atoms. The third-order valence-corrected chi connectivity index (χ3v) is 4.31. The predicted octanol–water partition coefficient (Wildman–Crippen LogP) is 3.65. The van der Waals surface area contributed by atoms with Crippen molar-refractivity contribution in [2.45, 2.75) is 25.8 Å². The predicted molar refractivity (Wildman–Crippen MR) is 87.4 cm³/mol. The third-order valence-electron chi connectivity index (χ3n) is 4.31. The zero-order chi connectivity index (χ0) is 15.8. The summed E-state index contributed by atoms with van der Waals surface area (Å²) in [5.41, 5.74) is 2.89. The van der Waals surface area contributed by atoms with Crippen LogP contribution in [-0.4, -0.2) is 21.5 Å². The summed E-state index contributed by atoms with van der Waals surface area (Å²) >= 11 is 0. The number of hydrogen-bond acceptors (Lipinski definition) is 3. The number of hydrogen-bond donors (Lipinski definition) is 0. The van der Waals surface area contributed by atoms with Crippen LogP contribution in [-0.2, 0) is 4.79 Å². The number of amides is 1. The first-order valence-corrected chi connectivity index (χ1v) is 7.72. The van der Waals surface area contributed by atoms with Gasteiger partial charge in [-0.1, -0.05) is 0 Å². The van der Waals surface area contributed by atoms with Crippen LogP contribution in [0.15, 0.2) is 59.7 Å². The van der Waals surface area contributed by atoms with E-state index in [1.54, 1.807) is 18.7 Å². The van der Waals surface area contributed by atoms with Crippen LogP contribution in [0.5, 0.6) is 0 Å². The SMILES string of the molecule is C[C@H]1CCC(=O)N1c1ccc(-n2ccnc2-c2ccoc2)cc1. The molecule has 116 valence electrons. The summed E-state index contributed by atoms with van der Waals surface area (Å²) in [6.45, 7) is 2.09. The molecule has 0 aliphatic carbocycles. The number of carbonyl (C=O) groups excluding carboxylic acids is 1. The molecule has 5 heteroatoms. The highest BCUT2D eigenvalue weighted by Gasteiger charge is 2.28. The Hall–Kier alpha value is -2.82. The summed E-state index contributed by atoms with van der Waals surface area (Å²) in [4.78, 5) is 18.3. The van der Waals surface area contributed by atoms with Crippen molar-refractivity contribution in [1.29, 1.82) is 0 Å². The van der Waals surface area contributed by atoms with Gasteiger partial charge in [0, 0.05) is 36.2 Å². The second-order valence-corrected chi connectivity index (χ2v) is 5.80. The summed E-state index contributed by atoms with van der Waals surface area (Å²) in [7, 11) is 0. The van der Waals surface area contributed by atoms with Crippen molar-refractivity contribution >= 4 is 11.6 Å². The summed E-state index contributed by atoms with van der Waals surface area (Å²) < 4.78 is 7.15. The van der Waals surface area contributed by atoms with E-state index in [1.807, 2.05) is 46.0 Å². The van der Waals surface area contributed by atoms with Crippen molar-refractivity contribution in [3.63, 3.8) is 0 Å². The highest BCUT2D eigenvalue weighted by atomic mass is 16.3. The second-order valence-electron chi connectivity index (χ2n) is 5.80. The van der Waals surface area contributed by atoms with Gasteiger partial charge in [-0.15, -0.1) is 0 Å². The van der Waals surface area contributed by atoms with Crippen LogP contribution < -0.4 is 4.90 Å². The Morgan fingerprint density at radius 3 is 2.61 bits per heavy atom. The molecule has 0 radical (unpaired) electrons. The van der Waals surface area contributed by atoms with E-state index < -0.39 is 0 Å². The maximum absolute atomic E-state index is 12.0. The van der Waals surface area contributed by atoms with Crippen molar-refractivity contribution in [3.05, 3.63) is 55.3 Å². The number of imidazole rings is 1. The molecule has 1 aromatic carbocycles. The molecule has 0 N–H and O–H groups in total. The Morgan fingerprint density at radius 2 is 1.96 bits per heavy atom. The molecule has 4 rings (SSSR count). The fraction of sp³-hybridized carbons (Fsp3) is 0.222. The highest BCUT2D eigenvalue weighted by molar-refractivity contribution is 5.96. The molecule has 1 fully saturated rings. The molecule has 0 saturated carbocycles. The van der Waals surface area contributed by atoms with E-state index in [-0.39, 0.29) is 11.9 Å². The Balaban J connectivity index is 1.67. The van der Waals surface area contributed by atoms with Crippen molar-refractivity contribution < 1.29 is 9.21 Å². The lowest BCUT2D eigenvalue weighted by atomic mass is 10.2. The fourth-order valence-corrected chi connectivity index (χ4v) is 3.12. The zero-order valence-corrected chi connectivity index (χ0v) is 12.8. The maximum Gasteiger partial charge on any atom is 0.227 e. The van der Waals surface area contributed by atoms with Crippen LogP contribution in [0.2, 0.25) is 0 Å². The van der Waals surface area contributed by atoms with E-state index in [4.69, 9.17) is 4.42 Å². The van der Waals surface area contributed by atoms with Crippen molar-refractivity contribution in [2.75, 3.05) is 4.90 Å². The Kier molecular flexibility index (Phi) is 3.26. The van der Waals surface area contributed by atoms with Gasteiger partial charge in [-0.2, -0.15) is 0 Å². The minimum absolute atomic E-state index is 0.201. The molecule has 1 amide bonds. The number of rotatable bonds is 3. The fourth-order valence-electron chi connectivity index (χ4n) is 3.12. The van der Waals surface area contributed by atoms with Gasteiger partial charge in [-0.3, -0.25) is 9.36 Å². The maximum atomic E-state index is 12.0. The number of aromatic nitrogens is 2. The van der Waals surface area contributed by atoms with Crippen molar-refractivity contribution in [3.8, 4) is 17.1 Å². The summed E-state index contributed by atoms with van der Waals surface area (Å²) in [5.74, 6) is 1.03. The molecular formula is C18H17N3O2. The molecule has 3 aromatic rings. The second kappa shape index (κ2) is 5.43. The lowest BCUT2D eigenvalue weighted by Gasteiger charge is -2.22. The largest absolute Gasteiger partial charge is 0.472 e. The highest BCUT2D eigenvalue weighted by Crippen LogP contribution is 2.28. The van der Waals surface area contributed by atoms with Gasteiger partial charge in [0.2, 0.25) is 5.91 Å². The average molecular weight is 307 g/mol. The van der Waals surface area contributed by atoms with Crippen LogP contribution in [0.3, 0.4) is 0 Å². The van der Waals surface area contributed by atoms with E-state index in [1.165, 1.54) is 0 Å². The Morgan fingerprint density at radius 1 is 1.17 bits per heavy atom. The molecule has 1 atom stereocenters. The Labute approximate surface area is 134 Å². The monoisotopic (exact) mass is 307 g/mol. The minimum Gasteiger partial charge on any atom is -0.472 e. The lowest BCUT2D eigenvalue weighted by molar-refractivity contribution is -0.117. The minimum atomic E-state index is 0.201. The summed E-state index contributed by atoms with van der Waals surface area (Å²) in [6, 6.07) is 10.2. The quantitative estimate of drug-likeness (QED) is 0.742. The number of nitrogens with zero attached hydrogens (tertiary/aromatic N) is 3. The molecule has 0 unspecified atom stereocenters. The zero-order valence-electron chi connectivity index (χ0n) is 12.8. The number of benzene rings is 1.